The molecule has 0 bridgehead atoms. The lowest BCUT2D eigenvalue weighted by Crippen LogP contribution is -1.97. The monoisotopic (exact) mass is 289 g/mol. The van der Waals surface area contributed by atoms with Gasteiger partial charge in [0.25, 0.3) is 0 Å². The molecule has 0 amide bonds. The second kappa shape index (κ2) is 6.21. The summed E-state index contributed by atoms with van der Waals surface area (Å²) in [7, 11) is 0. The smallest absolute Gasteiger partial charge is 0.335 e. The van der Waals surface area contributed by atoms with Crippen molar-refractivity contribution >= 4 is 23.7 Å². The molecule has 0 spiro atoms. The number of hydrogen-bond acceptors (Lipinski definition) is 4. The van der Waals surface area contributed by atoms with Gasteiger partial charge < -0.3 is 10.2 Å². The van der Waals surface area contributed by atoms with E-state index in [0.29, 0.717) is 10.8 Å². The molecule has 5 nitrogen and oxygen atoms in total. The summed E-state index contributed by atoms with van der Waals surface area (Å²) in [5, 5.41) is 18.3. The lowest BCUT2D eigenvalue weighted by Gasteiger charge is -2.03. The Kier molecular flexibility index (Phi) is 4.37. The molecule has 0 saturated carbocycles. The van der Waals surface area contributed by atoms with Crippen LogP contribution >= 0.6 is 11.8 Å². The van der Waals surface area contributed by atoms with Crippen molar-refractivity contribution in [3.05, 3.63) is 59.3 Å². The van der Waals surface area contributed by atoms with Crippen LogP contribution in [0.2, 0.25) is 0 Å². The van der Waals surface area contributed by atoms with Gasteiger partial charge in [-0.05, 0) is 29.8 Å². The summed E-state index contributed by atoms with van der Waals surface area (Å²) in [5.41, 5.74) is 1.39. The van der Waals surface area contributed by atoms with E-state index >= 15 is 0 Å². The van der Waals surface area contributed by atoms with Crippen molar-refractivity contribution in [1.29, 1.82) is 0 Å². The van der Waals surface area contributed by atoms with E-state index in [1.54, 1.807) is 24.3 Å². The van der Waals surface area contributed by atoms with Crippen molar-refractivity contribution in [2.45, 2.75) is 10.8 Å². The van der Waals surface area contributed by atoms with Gasteiger partial charge in [-0.25, -0.2) is 14.6 Å². The number of hydrogen-bond donors (Lipinski definition) is 2. The summed E-state index contributed by atoms with van der Waals surface area (Å²) in [6.07, 6.45) is 1.46. The minimum Gasteiger partial charge on any atom is -0.478 e. The van der Waals surface area contributed by atoms with Gasteiger partial charge in [0, 0.05) is 11.9 Å². The van der Waals surface area contributed by atoms with Gasteiger partial charge in [0.05, 0.1) is 16.2 Å². The van der Waals surface area contributed by atoms with Crippen LogP contribution in [-0.2, 0) is 5.75 Å². The SMILES string of the molecule is O=C(O)c1ccc(CSc2cc(C(=O)O)ccn2)cc1. The predicted octanol–water partition coefficient (Wildman–Crippen LogP) is 2.77. The first-order valence-corrected chi connectivity index (χ1v) is 6.69. The largest absolute Gasteiger partial charge is 0.478 e. The standard InChI is InChI=1S/C14H11NO4S/c16-13(17)10-3-1-9(2-4-10)8-20-12-7-11(14(18)19)5-6-15-12/h1-7H,8H2,(H,16,17)(H,18,19). The molecule has 0 unspecified atom stereocenters. The Hall–Kier alpha value is -2.34. The molecular formula is C14H11NO4S. The topological polar surface area (TPSA) is 87.5 Å². The van der Waals surface area contributed by atoms with Crippen molar-refractivity contribution in [1.82, 2.24) is 4.98 Å². The molecule has 1 heterocycles. The zero-order valence-corrected chi connectivity index (χ0v) is 11.1. The highest BCUT2D eigenvalue weighted by Crippen LogP contribution is 2.21. The molecule has 0 atom stereocenters. The molecule has 2 N–H and O–H groups in total. The highest BCUT2D eigenvalue weighted by molar-refractivity contribution is 7.98. The molecule has 2 aromatic rings. The minimum atomic E-state index is -0.986. The number of carboxylic acids is 2. The first-order valence-electron chi connectivity index (χ1n) is 5.70. The van der Waals surface area contributed by atoms with Gasteiger partial charge in [0.2, 0.25) is 0 Å². The second-order valence-corrected chi connectivity index (χ2v) is 4.97. The third-order valence-corrected chi connectivity index (χ3v) is 3.57. The fraction of sp³-hybridized carbons (Fsp3) is 0.0714. The number of carbonyl (C=O) groups is 2. The predicted molar refractivity (Wildman–Crippen MR) is 74.2 cm³/mol. The summed E-state index contributed by atoms with van der Waals surface area (Å²) in [6, 6.07) is 9.50. The Morgan fingerprint density at radius 3 is 2.25 bits per heavy atom. The summed E-state index contributed by atoms with van der Waals surface area (Å²) in [5.74, 6) is -1.35. The Morgan fingerprint density at radius 1 is 1.00 bits per heavy atom. The van der Waals surface area contributed by atoms with Crippen molar-refractivity contribution in [2.24, 2.45) is 0 Å². The zero-order valence-electron chi connectivity index (χ0n) is 10.3. The van der Waals surface area contributed by atoms with Crippen LogP contribution in [-0.4, -0.2) is 27.1 Å². The summed E-state index contributed by atoms with van der Waals surface area (Å²) in [4.78, 5) is 25.6. The first kappa shape index (κ1) is 14.1. The number of aromatic carboxylic acids is 2. The number of aromatic nitrogens is 1. The Bertz CT molecular complexity index is 640. The highest BCUT2D eigenvalue weighted by atomic mass is 32.2. The average molecular weight is 289 g/mol. The molecule has 0 aliphatic heterocycles. The Labute approximate surface area is 119 Å². The van der Waals surface area contributed by atoms with Gasteiger partial charge >= 0.3 is 11.9 Å². The van der Waals surface area contributed by atoms with E-state index in [4.69, 9.17) is 10.2 Å². The van der Waals surface area contributed by atoms with Gasteiger partial charge in [-0.1, -0.05) is 12.1 Å². The highest BCUT2D eigenvalue weighted by Gasteiger charge is 2.06. The van der Waals surface area contributed by atoms with E-state index in [1.165, 1.54) is 30.1 Å². The maximum atomic E-state index is 10.8. The molecular weight excluding hydrogens is 278 g/mol. The van der Waals surface area contributed by atoms with Gasteiger partial charge in [-0.15, -0.1) is 11.8 Å². The quantitative estimate of drug-likeness (QED) is 0.823. The van der Waals surface area contributed by atoms with Crippen LogP contribution in [0, 0.1) is 0 Å². The van der Waals surface area contributed by atoms with E-state index in [2.05, 4.69) is 4.98 Å². The fourth-order valence-corrected chi connectivity index (χ4v) is 2.37. The van der Waals surface area contributed by atoms with E-state index in [1.807, 2.05) is 0 Å². The molecule has 1 aromatic heterocycles. The Balaban J connectivity index is 2.03. The number of rotatable bonds is 5. The second-order valence-electron chi connectivity index (χ2n) is 3.98. The maximum Gasteiger partial charge on any atom is 0.335 e. The van der Waals surface area contributed by atoms with Gasteiger partial charge in [0.1, 0.15) is 0 Å². The molecule has 0 saturated heterocycles. The maximum absolute atomic E-state index is 10.8. The van der Waals surface area contributed by atoms with Crippen LogP contribution in [0.1, 0.15) is 26.3 Å². The lowest BCUT2D eigenvalue weighted by molar-refractivity contribution is 0.0686. The lowest BCUT2D eigenvalue weighted by atomic mass is 10.1. The summed E-state index contributed by atoms with van der Waals surface area (Å²) in [6.45, 7) is 0. The molecule has 0 fully saturated rings. The van der Waals surface area contributed by atoms with Crippen LogP contribution in [0.15, 0.2) is 47.6 Å². The van der Waals surface area contributed by atoms with Crippen molar-refractivity contribution in [2.75, 3.05) is 0 Å². The number of pyridine rings is 1. The first-order chi connectivity index (χ1) is 9.56. The van der Waals surface area contributed by atoms with Gasteiger partial charge in [-0.3, -0.25) is 0 Å². The molecule has 102 valence electrons. The number of nitrogens with zero attached hydrogens (tertiary/aromatic N) is 1. The van der Waals surface area contributed by atoms with Crippen LogP contribution in [0.25, 0.3) is 0 Å². The minimum absolute atomic E-state index is 0.198. The van der Waals surface area contributed by atoms with Crippen molar-refractivity contribution in [3.63, 3.8) is 0 Å². The summed E-state index contributed by atoms with van der Waals surface area (Å²) < 4.78 is 0. The number of thioether (sulfide) groups is 1. The molecule has 20 heavy (non-hydrogen) atoms. The van der Waals surface area contributed by atoms with Crippen LogP contribution in [0.4, 0.5) is 0 Å². The van der Waals surface area contributed by atoms with Gasteiger partial charge in [-0.2, -0.15) is 0 Å². The van der Waals surface area contributed by atoms with E-state index in [0.717, 1.165) is 5.56 Å². The number of carboxylic acid groups (broad SMARTS) is 2. The van der Waals surface area contributed by atoms with Crippen molar-refractivity contribution < 1.29 is 19.8 Å². The fourth-order valence-electron chi connectivity index (χ4n) is 1.52. The Morgan fingerprint density at radius 2 is 1.65 bits per heavy atom. The molecule has 1 aromatic carbocycles. The molecule has 6 heteroatoms. The molecule has 0 aliphatic carbocycles. The average Bonchev–Trinajstić information content (AvgIpc) is 2.46. The molecule has 0 aliphatic rings. The van der Waals surface area contributed by atoms with Crippen LogP contribution < -0.4 is 0 Å². The van der Waals surface area contributed by atoms with E-state index in [-0.39, 0.29) is 11.1 Å². The van der Waals surface area contributed by atoms with Crippen LogP contribution in [0.5, 0.6) is 0 Å². The third-order valence-electron chi connectivity index (χ3n) is 2.57. The molecule has 2 rings (SSSR count). The summed E-state index contributed by atoms with van der Waals surface area (Å²) >= 11 is 1.40. The normalized spacial score (nSPS) is 10.2. The van der Waals surface area contributed by atoms with Crippen LogP contribution in [0.3, 0.4) is 0 Å². The molecule has 0 radical (unpaired) electrons. The number of benzene rings is 1. The zero-order chi connectivity index (χ0) is 14.5. The van der Waals surface area contributed by atoms with Gasteiger partial charge in [0.15, 0.2) is 0 Å². The van der Waals surface area contributed by atoms with E-state index < -0.39 is 11.9 Å². The van der Waals surface area contributed by atoms with Crippen molar-refractivity contribution in [3.8, 4) is 0 Å². The third kappa shape index (κ3) is 3.58. The van der Waals surface area contributed by atoms with E-state index in [9.17, 15) is 9.59 Å².